The molecule has 152 valence electrons. The summed E-state index contributed by atoms with van der Waals surface area (Å²) in [4.78, 5) is 35.9. The number of carbonyl (C=O) groups is 2. The van der Waals surface area contributed by atoms with Crippen molar-refractivity contribution in [3.63, 3.8) is 0 Å². The highest BCUT2D eigenvalue weighted by molar-refractivity contribution is 6.83. The fourth-order valence-electron chi connectivity index (χ4n) is 4.39. The Morgan fingerprint density at radius 2 is 1.67 bits per heavy atom. The summed E-state index contributed by atoms with van der Waals surface area (Å²) < 4.78 is 1.60. The van der Waals surface area contributed by atoms with Gasteiger partial charge in [0.15, 0.2) is 8.24 Å². The number of amides is 2. The number of nitrogens with one attached hydrogen (secondary N) is 1. The van der Waals surface area contributed by atoms with Crippen molar-refractivity contribution in [2.75, 3.05) is 0 Å². The van der Waals surface area contributed by atoms with Crippen molar-refractivity contribution in [2.24, 2.45) is 0 Å². The average molecular weight is 416 g/mol. The van der Waals surface area contributed by atoms with Gasteiger partial charge in [0.25, 0.3) is 11.8 Å². The molecule has 2 aromatic carbocycles. The molecule has 30 heavy (non-hydrogen) atoms. The Morgan fingerprint density at radius 1 is 1.00 bits per heavy atom. The number of H-pyrrole nitrogens is 1. The summed E-state index contributed by atoms with van der Waals surface area (Å²) in [5.41, 5.74) is 4.50. The van der Waals surface area contributed by atoms with Gasteiger partial charge in [-0.3, -0.25) is 14.6 Å². The van der Waals surface area contributed by atoms with Crippen molar-refractivity contribution in [1.82, 2.24) is 14.5 Å². The first-order valence-electron chi connectivity index (χ1n) is 10.3. The number of aryl methyl sites for hydroxylation is 1. The van der Waals surface area contributed by atoms with E-state index in [9.17, 15) is 9.59 Å². The maximum absolute atomic E-state index is 13.9. The molecule has 5 rings (SSSR count). The Balaban J connectivity index is 1.98. The Kier molecular flexibility index (Phi) is 3.67. The van der Waals surface area contributed by atoms with Gasteiger partial charge in [0.1, 0.15) is 0 Å². The van der Waals surface area contributed by atoms with Crippen LogP contribution in [0.1, 0.15) is 47.1 Å². The molecule has 0 spiro atoms. The third-order valence-corrected chi connectivity index (χ3v) is 12.2. The second-order valence-electron chi connectivity index (χ2n) is 9.83. The fraction of sp³-hybridized carbons (Fsp3) is 0.292. The van der Waals surface area contributed by atoms with Crippen LogP contribution in [0.25, 0.3) is 32.7 Å². The lowest BCUT2D eigenvalue weighted by Gasteiger charge is -2.42. The van der Waals surface area contributed by atoms with Crippen LogP contribution >= 0.6 is 0 Å². The molecule has 1 aliphatic rings. The lowest BCUT2D eigenvalue weighted by Crippen LogP contribution is -2.57. The molecule has 2 aromatic heterocycles. The molecule has 3 heterocycles. The normalized spacial score (nSPS) is 15.1. The van der Waals surface area contributed by atoms with Crippen molar-refractivity contribution in [2.45, 2.75) is 45.8 Å². The summed E-state index contributed by atoms with van der Waals surface area (Å²) in [7, 11) is -2.43. The van der Waals surface area contributed by atoms with E-state index in [0.717, 1.165) is 38.3 Å². The molecule has 0 saturated carbocycles. The molecule has 0 unspecified atom stereocenters. The predicted molar refractivity (Wildman–Crippen MR) is 124 cm³/mol. The van der Waals surface area contributed by atoms with Crippen LogP contribution < -0.4 is 0 Å². The SMILES string of the molecule is Cc1cnc2c(c1)c1c(c3c4ccccc4[nH]c23)C(=O)N([Si](C)(C)C(C)(C)C)C1=O. The zero-order valence-corrected chi connectivity index (χ0v) is 19.2. The lowest BCUT2D eigenvalue weighted by molar-refractivity contribution is 0.0747. The third-order valence-electron chi connectivity index (χ3n) is 6.96. The van der Waals surface area contributed by atoms with Crippen LogP contribution in [0.5, 0.6) is 0 Å². The van der Waals surface area contributed by atoms with Crippen LogP contribution in [-0.2, 0) is 0 Å². The number of aromatic nitrogens is 2. The van der Waals surface area contributed by atoms with Crippen LogP contribution in [0.15, 0.2) is 36.5 Å². The van der Waals surface area contributed by atoms with Crippen molar-refractivity contribution in [3.8, 4) is 0 Å². The first kappa shape index (κ1) is 19.0. The van der Waals surface area contributed by atoms with E-state index in [-0.39, 0.29) is 16.9 Å². The second-order valence-corrected chi connectivity index (χ2v) is 14.9. The fourth-order valence-corrected chi connectivity index (χ4v) is 6.30. The van der Waals surface area contributed by atoms with Gasteiger partial charge in [0.05, 0.1) is 22.2 Å². The van der Waals surface area contributed by atoms with E-state index in [1.165, 1.54) is 0 Å². The zero-order chi connectivity index (χ0) is 21.6. The molecule has 2 amide bonds. The van der Waals surface area contributed by atoms with Gasteiger partial charge < -0.3 is 9.55 Å². The molecular formula is C24H25N3O2Si. The minimum absolute atomic E-state index is 0.149. The molecule has 5 nitrogen and oxygen atoms in total. The molecule has 0 radical (unpaired) electrons. The number of hydrogen-bond acceptors (Lipinski definition) is 3. The highest BCUT2D eigenvalue weighted by Gasteiger charge is 2.52. The molecule has 4 aromatic rings. The summed E-state index contributed by atoms with van der Waals surface area (Å²) in [6.07, 6.45) is 1.81. The second kappa shape index (κ2) is 5.79. The largest absolute Gasteiger partial charge is 0.353 e. The Bertz CT molecular complexity index is 1410. The van der Waals surface area contributed by atoms with Crippen molar-refractivity contribution < 1.29 is 9.59 Å². The summed E-state index contributed by atoms with van der Waals surface area (Å²) >= 11 is 0. The van der Waals surface area contributed by atoms with Crippen LogP contribution in [0.4, 0.5) is 0 Å². The lowest BCUT2D eigenvalue weighted by atomic mass is 9.97. The van der Waals surface area contributed by atoms with Crippen LogP contribution in [0.3, 0.4) is 0 Å². The van der Waals surface area contributed by atoms with E-state index < -0.39 is 8.24 Å². The first-order valence-corrected chi connectivity index (χ1v) is 13.2. The van der Waals surface area contributed by atoms with Gasteiger partial charge in [-0.15, -0.1) is 0 Å². The van der Waals surface area contributed by atoms with Gasteiger partial charge in [0.2, 0.25) is 0 Å². The number of nitrogens with zero attached hydrogens (tertiary/aromatic N) is 2. The number of para-hydroxylation sites is 1. The van der Waals surface area contributed by atoms with Crippen LogP contribution in [-0.4, -0.2) is 34.6 Å². The number of aromatic amines is 1. The van der Waals surface area contributed by atoms with Gasteiger partial charge in [-0.1, -0.05) is 52.1 Å². The van der Waals surface area contributed by atoms with Gasteiger partial charge in [-0.05, 0) is 29.7 Å². The zero-order valence-electron chi connectivity index (χ0n) is 18.2. The summed E-state index contributed by atoms with van der Waals surface area (Å²) in [6.45, 7) is 12.5. The number of imide groups is 1. The van der Waals surface area contributed by atoms with Crippen LogP contribution in [0.2, 0.25) is 18.1 Å². The maximum Gasteiger partial charge on any atom is 0.254 e. The first-order chi connectivity index (χ1) is 14.0. The number of fused-ring (bicyclic) bond motifs is 8. The number of benzene rings is 2. The highest BCUT2D eigenvalue weighted by atomic mass is 28.3. The van der Waals surface area contributed by atoms with Gasteiger partial charge in [-0.2, -0.15) is 0 Å². The number of carbonyl (C=O) groups excluding carboxylic acids is 2. The minimum atomic E-state index is -2.43. The molecule has 0 bridgehead atoms. The maximum atomic E-state index is 13.9. The van der Waals surface area contributed by atoms with E-state index in [1.807, 2.05) is 43.5 Å². The van der Waals surface area contributed by atoms with Gasteiger partial charge >= 0.3 is 0 Å². The monoisotopic (exact) mass is 415 g/mol. The number of pyridine rings is 1. The van der Waals surface area contributed by atoms with Gasteiger partial charge in [-0.25, -0.2) is 0 Å². The van der Waals surface area contributed by atoms with E-state index in [1.54, 1.807) is 4.57 Å². The molecule has 0 aliphatic carbocycles. The third kappa shape index (κ3) is 2.25. The molecule has 6 heteroatoms. The molecule has 0 atom stereocenters. The minimum Gasteiger partial charge on any atom is -0.353 e. The molecule has 1 aliphatic heterocycles. The molecule has 1 N–H and O–H groups in total. The summed E-state index contributed by atoms with van der Waals surface area (Å²) in [5, 5.41) is 2.36. The topological polar surface area (TPSA) is 66.1 Å². The highest BCUT2D eigenvalue weighted by Crippen LogP contribution is 2.46. The molecule has 0 saturated heterocycles. The predicted octanol–water partition coefficient (Wildman–Crippen LogP) is 5.78. The Morgan fingerprint density at radius 3 is 2.37 bits per heavy atom. The summed E-state index contributed by atoms with van der Waals surface area (Å²) in [5.74, 6) is -0.342. The molecular weight excluding hydrogens is 390 g/mol. The average Bonchev–Trinajstić information content (AvgIpc) is 3.16. The van der Waals surface area contributed by atoms with Crippen molar-refractivity contribution >= 4 is 52.8 Å². The van der Waals surface area contributed by atoms with Crippen molar-refractivity contribution in [3.05, 3.63) is 53.2 Å². The Labute approximate surface area is 176 Å². The van der Waals surface area contributed by atoms with E-state index >= 15 is 0 Å². The smallest absolute Gasteiger partial charge is 0.254 e. The number of hydrogen-bond donors (Lipinski definition) is 1. The summed E-state index contributed by atoms with van der Waals surface area (Å²) in [6, 6.07) is 9.90. The standard InChI is InChI=1S/C24H25N3O2Si/c1-13-11-15-18-19(23(29)27(22(18)28)30(5,6)24(2,3)4)17-14-9-7-8-10-16(14)26-21(17)20(15)25-12-13/h7-12,26H,1-6H3. The van der Waals surface area contributed by atoms with E-state index in [2.05, 4.69) is 43.8 Å². The molecule has 0 fully saturated rings. The van der Waals surface area contributed by atoms with Crippen LogP contribution in [0, 0.1) is 6.92 Å². The van der Waals surface area contributed by atoms with Crippen molar-refractivity contribution in [1.29, 1.82) is 0 Å². The van der Waals surface area contributed by atoms with E-state index in [0.29, 0.717) is 11.1 Å². The Hall–Kier alpha value is -2.99. The van der Waals surface area contributed by atoms with E-state index in [4.69, 9.17) is 0 Å². The number of rotatable bonds is 1. The quantitative estimate of drug-likeness (QED) is 0.317. The van der Waals surface area contributed by atoms with Gasteiger partial charge in [0, 0.05) is 27.9 Å².